The lowest BCUT2D eigenvalue weighted by Gasteiger charge is -2.10. The van der Waals surface area contributed by atoms with Gasteiger partial charge in [-0.2, -0.15) is 13.2 Å². The first-order chi connectivity index (χ1) is 15.0. The van der Waals surface area contributed by atoms with Crippen molar-refractivity contribution in [2.45, 2.75) is 18.0 Å². The van der Waals surface area contributed by atoms with E-state index in [4.69, 9.17) is 4.74 Å². The van der Waals surface area contributed by atoms with Crippen molar-refractivity contribution in [3.05, 3.63) is 59.1 Å². The average molecular weight is 486 g/mol. The van der Waals surface area contributed by atoms with Crippen LogP contribution in [0.1, 0.15) is 15.4 Å². The maximum Gasteiger partial charge on any atom is 0.402 e. The number of methoxy groups -OCH3 is 1. The highest BCUT2D eigenvalue weighted by molar-refractivity contribution is 7.89. The summed E-state index contributed by atoms with van der Waals surface area (Å²) in [6, 6.07) is 12.0. The Kier molecular flexibility index (Phi) is 6.86. The Labute approximate surface area is 186 Å². The van der Waals surface area contributed by atoms with E-state index in [-0.39, 0.29) is 10.6 Å². The van der Waals surface area contributed by atoms with Crippen LogP contribution in [0.25, 0.3) is 10.6 Å². The summed E-state index contributed by atoms with van der Waals surface area (Å²) in [6.45, 7) is 0.0232. The van der Waals surface area contributed by atoms with E-state index >= 15 is 0 Å². The van der Waals surface area contributed by atoms with Gasteiger partial charge < -0.3 is 10.1 Å². The van der Waals surface area contributed by atoms with Crippen molar-refractivity contribution in [1.29, 1.82) is 0 Å². The van der Waals surface area contributed by atoms with Crippen LogP contribution >= 0.6 is 11.3 Å². The molecule has 0 bridgehead atoms. The summed E-state index contributed by atoms with van der Waals surface area (Å²) in [5, 5.41) is 3.28. The smallest absolute Gasteiger partial charge is 0.402 e. The van der Waals surface area contributed by atoms with Crippen LogP contribution in [0, 0.1) is 6.92 Å². The average Bonchev–Trinajstić information content (AvgIpc) is 3.14. The number of halogens is 3. The van der Waals surface area contributed by atoms with Gasteiger partial charge in [-0.25, -0.2) is 18.1 Å². The van der Waals surface area contributed by atoms with Gasteiger partial charge >= 0.3 is 6.18 Å². The van der Waals surface area contributed by atoms with E-state index in [0.29, 0.717) is 21.3 Å². The SMILES string of the molecule is COc1ccc(-c2nc(C)c(C(=O)Nc3ccc(S(=O)(=O)NCC(F)(F)F)cc3)s2)cc1. The number of benzene rings is 2. The van der Waals surface area contributed by atoms with Gasteiger partial charge in [-0.05, 0) is 55.5 Å². The number of carbonyl (C=O) groups excluding carboxylic acids is 1. The molecule has 12 heteroatoms. The highest BCUT2D eigenvalue weighted by Gasteiger charge is 2.30. The van der Waals surface area contributed by atoms with Crippen LogP contribution in [-0.4, -0.2) is 39.1 Å². The monoisotopic (exact) mass is 485 g/mol. The summed E-state index contributed by atoms with van der Waals surface area (Å²) >= 11 is 1.19. The molecule has 2 N–H and O–H groups in total. The van der Waals surface area contributed by atoms with Crippen molar-refractivity contribution in [3.63, 3.8) is 0 Å². The quantitative estimate of drug-likeness (QED) is 0.522. The summed E-state index contributed by atoms with van der Waals surface area (Å²) < 4.78 is 67.3. The van der Waals surface area contributed by atoms with Crippen LogP contribution in [0.3, 0.4) is 0 Å². The van der Waals surface area contributed by atoms with Crippen molar-refractivity contribution >= 4 is 33.0 Å². The molecular formula is C20H18F3N3O4S2. The molecule has 0 saturated heterocycles. The number of sulfonamides is 1. The van der Waals surface area contributed by atoms with E-state index in [1.165, 1.54) is 28.2 Å². The Morgan fingerprint density at radius 2 is 1.72 bits per heavy atom. The second kappa shape index (κ2) is 9.27. The third kappa shape index (κ3) is 5.84. The van der Waals surface area contributed by atoms with Gasteiger partial charge in [0.1, 0.15) is 22.2 Å². The first-order valence-electron chi connectivity index (χ1n) is 9.08. The summed E-state index contributed by atoms with van der Waals surface area (Å²) in [7, 11) is -2.77. The summed E-state index contributed by atoms with van der Waals surface area (Å²) in [6.07, 6.45) is -4.67. The summed E-state index contributed by atoms with van der Waals surface area (Å²) in [4.78, 5) is 17.1. The van der Waals surface area contributed by atoms with Crippen molar-refractivity contribution < 1.29 is 31.1 Å². The maximum absolute atomic E-state index is 12.7. The molecule has 0 aliphatic carbocycles. The van der Waals surface area contributed by atoms with E-state index in [2.05, 4.69) is 10.3 Å². The van der Waals surface area contributed by atoms with Gasteiger partial charge in [0, 0.05) is 11.3 Å². The van der Waals surface area contributed by atoms with Gasteiger partial charge in [-0.3, -0.25) is 4.79 Å². The second-order valence-electron chi connectivity index (χ2n) is 6.58. The van der Waals surface area contributed by atoms with Crippen LogP contribution in [0.2, 0.25) is 0 Å². The van der Waals surface area contributed by atoms with Gasteiger partial charge in [-0.1, -0.05) is 0 Å². The Balaban J connectivity index is 1.71. The number of thiazole rings is 1. The Morgan fingerprint density at radius 1 is 1.09 bits per heavy atom. The predicted octanol–water partition coefficient (Wildman–Crippen LogP) is 4.22. The number of hydrogen-bond donors (Lipinski definition) is 2. The first-order valence-corrected chi connectivity index (χ1v) is 11.4. The molecule has 0 atom stereocenters. The van der Waals surface area contributed by atoms with Crippen LogP contribution in [-0.2, 0) is 10.0 Å². The fourth-order valence-corrected chi connectivity index (χ4v) is 4.61. The van der Waals surface area contributed by atoms with Gasteiger partial charge in [0.15, 0.2) is 0 Å². The third-order valence-corrected chi connectivity index (χ3v) is 6.85. The normalized spacial score (nSPS) is 11.9. The fraction of sp³-hybridized carbons (Fsp3) is 0.200. The Morgan fingerprint density at radius 3 is 2.28 bits per heavy atom. The molecule has 2 aromatic carbocycles. The summed E-state index contributed by atoms with van der Waals surface area (Å²) in [5.74, 6) is 0.254. The zero-order valence-corrected chi connectivity index (χ0v) is 18.5. The minimum atomic E-state index is -4.67. The van der Waals surface area contributed by atoms with Crippen LogP contribution in [0.5, 0.6) is 5.75 Å². The fourth-order valence-electron chi connectivity index (χ4n) is 2.63. The van der Waals surface area contributed by atoms with Crippen LogP contribution in [0.15, 0.2) is 53.4 Å². The van der Waals surface area contributed by atoms with Crippen molar-refractivity contribution in [1.82, 2.24) is 9.71 Å². The number of anilines is 1. The molecule has 32 heavy (non-hydrogen) atoms. The third-order valence-electron chi connectivity index (χ3n) is 4.22. The van der Waals surface area contributed by atoms with Crippen molar-refractivity contribution in [3.8, 4) is 16.3 Å². The molecule has 7 nitrogen and oxygen atoms in total. The molecule has 0 spiro atoms. The number of carbonyl (C=O) groups is 1. The number of aryl methyl sites for hydroxylation is 1. The molecule has 3 aromatic rings. The Hall–Kier alpha value is -2.96. The standard InChI is InChI=1S/C20H18F3N3O4S2/c1-12-17(31-19(25-12)13-3-7-15(30-2)8-4-13)18(27)26-14-5-9-16(10-6-14)32(28,29)24-11-20(21,22)23/h3-10,24H,11H2,1-2H3,(H,26,27). The zero-order valence-electron chi connectivity index (χ0n) is 16.9. The molecule has 0 unspecified atom stereocenters. The number of rotatable bonds is 7. The Bertz CT molecular complexity index is 1210. The van der Waals surface area contributed by atoms with Crippen molar-refractivity contribution in [2.75, 3.05) is 19.0 Å². The number of hydrogen-bond acceptors (Lipinski definition) is 6. The summed E-state index contributed by atoms with van der Waals surface area (Å²) in [5.41, 5.74) is 1.62. The topological polar surface area (TPSA) is 97.4 Å². The molecule has 0 saturated carbocycles. The van der Waals surface area contributed by atoms with Gasteiger partial charge in [-0.15, -0.1) is 11.3 Å². The van der Waals surface area contributed by atoms with Crippen LogP contribution < -0.4 is 14.8 Å². The number of nitrogens with zero attached hydrogens (tertiary/aromatic N) is 1. The molecule has 3 rings (SSSR count). The molecule has 0 aliphatic heterocycles. The predicted molar refractivity (Wildman–Crippen MR) is 114 cm³/mol. The first kappa shape index (κ1) is 23.7. The molecular weight excluding hydrogens is 467 g/mol. The lowest BCUT2D eigenvalue weighted by atomic mass is 10.2. The van der Waals surface area contributed by atoms with Crippen LogP contribution in [0.4, 0.5) is 18.9 Å². The van der Waals surface area contributed by atoms with Gasteiger partial charge in [0.05, 0.1) is 17.7 Å². The minimum Gasteiger partial charge on any atom is -0.497 e. The largest absolute Gasteiger partial charge is 0.497 e. The molecule has 1 aromatic heterocycles. The van der Waals surface area contributed by atoms with Gasteiger partial charge in [0.25, 0.3) is 5.91 Å². The highest BCUT2D eigenvalue weighted by atomic mass is 32.2. The van der Waals surface area contributed by atoms with E-state index in [1.807, 2.05) is 12.1 Å². The number of ether oxygens (including phenoxy) is 1. The molecule has 0 aliphatic rings. The van der Waals surface area contributed by atoms with Crippen molar-refractivity contribution in [2.24, 2.45) is 0 Å². The van der Waals surface area contributed by atoms with E-state index in [1.54, 1.807) is 26.2 Å². The van der Waals surface area contributed by atoms with E-state index in [0.717, 1.165) is 17.7 Å². The minimum absolute atomic E-state index is 0.281. The zero-order chi connectivity index (χ0) is 23.5. The molecule has 1 heterocycles. The second-order valence-corrected chi connectivity index (χ2v) is 9.35. The number of aromatic nitrogens is 1. The van der Waals surface area contributed by atoms with Gasteiger partial charge in [0.2, 0.25) is 10.0 Å². The number of nitrogens with one attached hydrogen (secondary N) is 2. The highest BCUT2D eigenvalue weighted by Crippen LogP contribution is 2.30. The molecule has 0 fully saturated rings. The number of alkyl halides is 3. The van der Waals surface area contributed by atoms with E-state index in [9.17, 15) is 26.4 Å². The lowest BCUT2D eigenvalue weighted by Crippen LogP contribution is -2.33. The molecule has 1 amide bonds. The number of amides is 1. The molecule has 0 radical (unpaired) electrons. The lowest BCUT2D eigenvalue weighted by molar-refractivity contribution is -0.121. The molecule has 170 valence electrons. The maximum atomic E-state index is 12.7. The van der Waals surface area contributed by atoms with E-state index < -0.39 is 28.7 Å².